The minimum absolute atomic E-state index is 0.174. The normalized spacial score (nSPS) is 12.1. The van der Waals surface area contributed by atoms with Gasteiger partial charge in [-0.25, -0.2) is 0 Å². The number of nitrogens with one attached hydrogen (secondary N) is 2. The van der Waals surface area contributed by atoms with Crippen molar-refractivity contribution in [3.8, 4) is 0 Å². The number of hydrogen-bond acceptors (Lipinski definition) is 4. The van der Waals surface area contributed by atoms with Gasteiger partial charge in [-0.15, -0.1) is 11.3 Å². The second-order valence-corrected chi connectivity index (χ2v) is 4.64. The van der Waals surface area contributed by atoms with E-state index in [4.69, 9.17) is 5.73 Å². The van der Waals surface area contributed by atoms with E-state index in [1.165, 1.54) is 17.4 Å². The van der Waals surface area contributed by atoms with Gasteiger partial charge in [-0.05, 0) is 19.5 Å². The molecule has 0 spiro atoms. The van der Waals surface area contributed by atoms with Crippen LogP contribution in [-0.2, 0) is 0 Å². The molecule has 2 amide bonds. The summed E-state index contributed by atoms with van der Waals surface area (Å²) in [6.07, 6.45) is 0. The monoisotopic (exact) mass is 255 g/mol. The van der Waals surface area contributed by atoms with Gasteiger partial charge in [0.05, 0.1) is 10.4 Å². The summed E-state index contributed by atoms with van der Waals surface area (Å²) in [6, 6.07) is 1.74. The predicted molar refractivity (Wildman–Crippen MR) is 68.3 cm³/mol. The lowest BCUT2D eigenvalue weighted by Crippen LogP contribution is -2.38. The fourth-order valence-corrected chi connectivity index (χ4v) is 2.15. The molecule has 94 valence electrons. The molecule has 1 aromatic heterocycles. The summed E-state index contributed by atoms with van der Waals surface area (Å²) in [5.74, 6) is -0.687. The van der Waals surface area contributed by atoms with E-state index in [0.717, 1.165) is 6.54 Å². The van der Waals surface area contributed by atoms with Gasteiger partial charge in [0.25, 0.3) is 5.91 Å². The highest BCUT2D eigenvalue weighted by Crippen LogP contribution is 2.13. The average molecular weight is 255 g/mol. The molecule has 0 saturated carbocycles. The Morgan fingerprint density at radius 3 is 2.76 bits per heavy atom. The third-order valence-corrected chi connectivity index (χ3v) is 3.16. The van der Waals surface area contributed by atoms with E-state index < -0.39 is 5.91 Å². The molecule has 6 heteroatoms. The van der Waals surface area contributed by atoms with Crippen molar-refractivity contribution in [1.29, 1.82) is 0 Å². The minimum Gasteiger partial charge on any atom is -0.366 e. The molecule has 0 radical (unpaired) electrons. The van der Waals surface area contributed by atoms with Gasteiger partial charge < -0.3 is 16.4 Å². The molecule has 1 heterocycles. The Morgan fingerprint density at radius 1 is 1.53 bits per heavy atom. The van der Waals surface area contributed by atoms with Gasteiger partial charge in [0, 0.05) is 18.0 Å². The van der Waals surface area contributed by atoms with Gasteiger partial charge in [-0.2, -0.15) is 0 Å². The van der Waals surface area contributed by atoms with E-state index in [-0.39, 0.29) is 11.9 Å². The second-order valence-electron chi connectivity index (χ2n) is 3.73. The molecule has 0 fully saturated rings. The SMILES string of the molecule is CCN[C@H](C)CNC(=O)c1cc(C(N)=O)cs1. The zero-order valence-electron chi connectivity index (χ0n) is 9.95. The fourth-order valence-electron chi connectivity index (χ4n) is 1.34. The Bertz CT molecular complexity index is 403. The molecule has 17 heavy (non-hydrogen) atoms. The van der Waals surface area contributed by atoms with Crippen molar-refractivity contribution >= 4 is 23.2 Å². The molecule has 0 aromatic carbocycles. The molecule has 0 unspecified atom stereocenters. The van der Waals surface area contributed by atoms with E-state index in [1.54, 1.807) is 5.38 Å². The number of amides is 2. The van der Waals surface area contributed by atoms with Crippen LogP contribution in [0.5, 0.6) is 0 Å². The van der Waals surface area contributed by atoms with Crippen LogP contribution in [-0.4, -0.2) is 30.9 Å². The Balaban J connectivity index is 2.49. The molecular formula is C11H17N3O2S. The first-order valence-electron chi connectivity index (χ1n) is 5.44. The number of thiophene rings is 1. The summed E-state index contributed by atoms with van der Waals surface area (Å²) in [6.45, 7) is 5.42. The zero-order valence-corrected chi connectivity index (χ0v) is 10.8. The second kappa shape index (κ2) is 6.36. The highest BCUT2D eigenvalue weighted by Gasteiger charge is 2.12. The van der Waals surface area contributed by atoms with Crippen LogP contribution in [0, 0.1) is 0 Å². The van der Waals surface area contributed by atoms with Gasteiger partial charge in [0.1, 0.15) is 0 Å². The van der Waals surface area contributed by atoms with E-state index in [1.807, 2.05) is 13.8 Å². The number of rotatable bonds is 6. The summed E-state index contributed by atoms with van der Waals surface area (Å²) in [5, 5.41) is 7.57. The van der Waals surface area contributed by atoms with Crippen LogP contribution in [0.15, 0.2) is 11.4 Å². The first kappa shape index (κ1) is 13.7. The molecule has 1 rings (SSSR count). The molecule has 0 aliphatic carbocycles. The van der Waals surface area contributed by atoms with Crippen LogP contribution in [0.25, 0.3) is 0 Å². The molecule has 4 N–H and O–H groups in total. The number of hydrogen-bond donors (Lipinski definition) is 3. The topological polar surface area (TPSA) is 84.2 Å². The fraction of sp³-hybridized carbons (Fsp3) is 0.455. The maximum absolute atomic E-state index is 11.7. The first-order chi connectivity index (χ1) is 8.04. The summed E-state index contributed by atoms with van der Waals surface area (Å²) in [4.78, 5) is 23.1. The van der Waals surface area contributed by atoms with E-state index >= 15 is 0 Å². The van der Waals surface area contributed by atoms with Crippen LogP contribution in [0.1, 0.15) is 33.9 Å². The lowest BCUT2D eigenvalue weighted by Gasteiger charge is -2.12. The number of primary amides is 1. The lowest BCUT2D eigenvalue weighted by atomic mass is 10.3. The van der Waals surface area contributed by atoms with Crippen molar-refractivity contribution in [3.63, 3.8) is 0 Å². The van der Waals surface area contributed by atoms with Crippen LogP contribution in [0.4, 0.5) is 0 Å². The molecule has 5 nitrogen and oxygen atoms in total. The number of carbonyl (C=O) groups excluding carboxylic acids is 2. The van der Waals surface area contributed by atoms with E-state index in [0.29, 0.717) is 17.0 Å². The lowest BCUT2D eigenvalue weighted by molar-refractivity contribution is 0.0954. The molecule has 0 bridgehead atoms. The molecule has 0 aliphatic heterocycles. The third-order valence-electron chi connectivity index (χ3n) is 2.23. The van der Waals surface area contributed by atoms with Gasteiger partial charge in [0.15, 0.2) is 0 Å². The average Bonchev–Trinajstić information content (AvgIpc) is 2.75. The van der Waals surface area contributed by atoms with Crippen LogP contribution in [0.3, 0.4) is 0 Å². The minimum atomic E-state index is -0.513. The summed E-state index contributed by atoms with van der Waals surface area (Å²) in [5.41, 5.74) is 5.49. The quantitative estimate of drug-likeness (QED) is 0.695. The highest BCUT2D eigenvalue weighted by molar-refractivity contribution is 7.12. The van der Waals surface area contributed by atoms with Crippen LogP contribution < -0.4 is 16.4 Å². The number of nitrogens with two attached hydrogens (primary N) is 1. The first-order valence-corrected chi connectivity index (χ1v) is 6.32. The van der Waals surface area contributed by atoms with Crippen molar-refractivity contribution in [2.24, 2.45) is 5.73 Å². The van der Waals surface area contributed by atoms with Gasteiger partial charge in [0.2, 0.25) is 5.91 Å². The van der Waals surface area contributed by atoms with Crippen molar-refractivity contribution in [2.75, 3.05) is 13.1 Å². The molecular weight excluding hydrogens is 238 g/mol. The Hall–Kier alpha value is -1.40. The maximum atomic E-state index is 11.7. The van der Waals surface area contributed by atoms with Crippen molar-refractivity contribution in [1.82, 2.24) is 10.6 Å². The number of likely N-dealkylation sites (N-methyl/N-ethyl adjacent to an activating group) is 1. The van der Waals surface area contributed by atoms with Crippen molar-refractivity contribution < 1.29 is 9.59 Å². The smallest absolute Gasteiger partial charge is 0.261 e. The Morgan fingerprint density at radius 2 is 2.24 bits per heavy atom. The van der Waals surface area contributed by atoms with E-state index in [2.05, 4.69) is 10.6 Å². The molecule has 1 aromatic rings. The van der Waals surface area contributed by atoms with Crippen molar-refractivity contribution in [2.45, 2.75) is 19.9 Å². The Labute approximate surface area is 104 Å². The maximum Gasteiger partial charge on any atom is 0.261 e. The highest BCUT2D eigenvalue weighted by atomic mass is 32.1. The number of carbonyl (C=O) groups is 2. The van der Waals surface area contributed by atoms with E-state index in [9.17, 15) is 9.59 Å². The zero-order chi connectivity index (χ0) is 12.8. The predicted octanol–water partition coefficient (Wildman–Crippen LogP) is 0.575. The third kappa shape index (κ3) is 4.16. The summed E-state index contributed by atoms with van der Waals surface area (Å²) < 4.78 is 0. The Kier molecular flexibility index (Phi) is 5.11. The van der Waals surface area contributed by atoms with Gasteiger partial charge in [-0.1, -0.05) is 6.92 Å². The van der Waals surface area contributed by atoms with Gasteiger partial charge >= 0.3 is 0 Å². The molecule has 0 aliphatic rings. The molecule has 1 atom stereocenters. The van der Waals surface area contributed by atoms with Crippen molar-refractivity contribution in [3.05, 3.63) is 21.9 Å². The summed E-state index contributed by atoms with van der Waals surface area (Å²) >= 11 is 1.22. The van der Waals surface area contributed by atoms with Gasteiger partial charge in [-0.3, -0.25) is 9.59 Å². The molecule has 0 saturated heterocycles. The largest absolute Gasteiger partial charge is 0.366 e. The summed E-state index contributed by atoms with van der Waals surface area (Å²) in [7, 11) is 0. The van der Waals surface area contributed by atoms with Crippen LogP contribution >= 0.6 is 11.3 Å². The standard InChI is InChI=1S/C11H17N3O2S/c1-3-13-7(2)5-14-11(16)9-4-8(6-17-9)10(12)15/h4,6-7,13H,3,5H2,1-2H3,(H2,12,15)(H,14,16)/t7-/m1/s1. The van der Waals surface area contributed by atoms with Crippen LogP contribution in [0.2, 0.25) is 0 Å².